The maximum atomic E-state index is 13.6. The van der Waals surface area contributed by atoms with Crippen LogP contribution in [0.15, 0.2) is 43.1 Å². The molecule has 0 amide bonds. The standard InChI is InChI=1S/C30H38F3N9O2/c1-20(43)14-36-15-22-12-26(30(31,32)33)41-27(13-22)44-24(7-10-35)6-2-4-21(5-3-9-34)17-42-18-23(16-40-42)28-25-8-11-37-29(25)39-19-38-28/h8,11-13,16,18-21,24,36,43H,2-7,10,14-15,17,35H2,1H3,(H,37,38,39)/t20-,21-,24?/m0/s1. The normalized spacial score (nSPS) is 13.9. The number of aliphatic hydroxyl groups is 1. The number of ether oxygens (including phenoxy) is 1. The number of aliphatic hydroxyl groups excluding tert-OH is 1. The molecule has 3 atom stereocenters. The van der Waals surface area contributed by atoms with Crippen LogP contribution in [0.3, 0.4) is 0 Å². The summed E-state index contributed by atoms with van der Waals surface area (Å²) < 4.78 is 48.5. The fraction of sp³-hybridized carbons (Fsp3) is 0.500. The van der Waals surface area contributed by atoms with Gasteiger partial charge in [0.25, 0.3) is 0 Å². The molecule has 11 nitrogen and oxygen atoms in total. The molecular formula is C30H38F3N9O2. The fourth-order valence-electron chi connectivity index (χ4n) is 5.09. The Morgan fingerprint density at radius 2 is 2.05 bits per heavy atom. The van der Waals surface area contributed by atoms with Crippen molar-refractivity contribution < 1.29 is 23.0 Å². The molecule has 0 aliphatic rings. The van der Waals surface area contributed by atoms with Gasteiger partial charge in [0.15, 0.2) is 0 Å². The van der Waals surface area contributed by atoms with E-state index in [1.54, 1.807) is 13.1 Å². The molecule has 0 spiro atoms. The molecule has 236 valence electrons. The highest BCUT2D eigenvalue weighted by Crippen LogP contribution is 2.31. The molecule has 5 N–H and O–H groups in total. The molecular weight excluding hydrogens is 575 g/mol. The quantitative estimate of drug-likeness (QED) is 0.133. The van der Waals surface area contributed by atoms with Gasteiger partial charge in [0, 0.05) is 55.5 Å². The Kier molecular flexibility index (Phi) is 11.6. The molecule has 1 unspecified atom stereocenters. The molecule has 0 saturated heterocycles. The zero-order valence-electron chi connectivity index (χ0n) is 24.6. The number of alkyl halides is 3. The molecule has 0 aliphatic carbocycles. The van der Waals surface area contributed by atoms with Crippen molar-refractivity contribution in [3.63, 3.8) is 0 Å². The van der Waals surface area contributed by atoms with Crippen LogP contribution in [0, 0.1) is 17.2 Å². The molecule has 0 aromatic carbocycles. The molecule has 0 bridgehead atoms. The third-order valence-corrected chi connectivity index (χ3v) is 7.21. The monoisotopic (exact) mass is 613 g/mol. The van der Waals surface area contributed by atoms with Crippen LogP contribution in [0.2, 0.25) is 0 Å². The van der Waals surface area contributed by atoms with Crippen LogP contribution >= 0.6 is 0 Å². The predicted octanol–water partition coefficient (Wildman–Crippen LogP) is 4.59. The topological polar surface area (TPSA) is 164 Å². The summed E-state index contributed by atoms with van der Waals surface area (Å²) in [5, 5.41) is 27.0. The van der Waals surface area contributed by atoms with Crippen molar-refractivity contribution >= 4 is 11.0 Å². The summed E-state index contributed by atoms with van der Waals surface area (Å²) in [5.74, 6) is 0.0374. The van der Waals surface area contributed by atoms with Gasteiger partial charge in [-0.25, -0.2) is 15.0 Å². The molecule has 0 fully saturated rings. The highest BCUT2D eigenvalue weighted by atomic mass is 19.4. The second-order valence-corrected chi connectivity index (χ2v) is 10.9. The van der Waals surface area contributed by atoms with Crippen molar-refractivity contribution in [3.05, 3.63) is 54.4 Å². The summed E-state index contributed by atoms with van der Waals surface area (Å²) in [4.78, 5) is 15.5. The Balaban J connectivity index is 1.39. The number of fused-ring (bicyclic) bond motifs is 1. The van der Waals surface area contributed by atoms with Crippen LogP contribution in [0.5, 0.6) is 5.88 Å². The largest absolute Gasteiger partial charge is 0.474 e. The van der Waals surface area contributed by atoms with Gasteiger partial charge in [-0.1, -0.05) is 0 Å². The van der Waals surface area contributed by atoms with E-state index in [1.165, 1.54) is 12.4 Å². The number of nitriles is 1. The van der Waals surface area contributed by atoms with Gasteiger partial charge in [0.1, 0.15) is 23.8 Å². The van der Waals surface area contributed by atoms with Crippen LogP contribution in [-0.2, 0) is 19.3 Å². The van der Waals surface area contributed by atoms with Gasteiger partial charge >= 0.3 is 6.18 Å². The fourth-order valence-corrected chi connectivity index (χ4v) is 5.09. The number of aromatic amines is 1. The molecule has 44 heavy (non-hydrogen) atoms. The summed E-state index contributed by atoms with van der Waals surface area (Å²) in [6.07, 6.45) is 4.89. The molecule has 4 aromatic heterocycles. The molecule has 0 saturated carbocycles. The van der Waals surface area contributed by atoms with Crippen LogP contribution < -0.4 is 15.8 Å². The Morgan fingerprint density at radius 3 is 2.80 bits per heavy atom. The highest BCUT2D eigenvalue weighted by Gasteiger charge is 2.33. The summed E-state index contributed by atoms with van der Waals surface area (Å²) in [6, 6.07) is 6.60. The molecule has 4 rings (SSSR count). The van der Waals surface area contributed by atoms with E-state index in [0.717, 1.165) is 34.8 Å². The number of nitrogens with two attached hydrogens (primary N) is 1. The third-order valence-electron chi connectivity index (χ3n) is 7.21. The molecule has 4 aromatic rings. The van der Waals surface area contributed by atoms with E-state index in [0.29, 0.717) is 50.8 Å². The Bertz CT molecular complexity index is 1510. The van der Waals surface area contributed by atoms with E-state index in [9.17, 15) is 23.5 Å². The number of pyridine rings is 1. The van der Waals surface area contributed by atoms with Crippen molar-refractivity contribution in [2.24, 2.45) is 11.7 Å². The highest BCUT2D eigenvalue weighted by molar-refractivity contribution is 5.89. The minimum Gasteiger partial charge on any atom is -0.474 e. The van der Waals surface area contributed by atoms with Gasteiger partial charge in [-0.3, -0.25) is 4.68 Å². The second kappa shape index (κ2) is 15.6. The molecule has 0 radical (unpaired) electrons. The first kappa shape index (κ1) is 32.8. The van der Waals surface area contributed by atoms with Gasteiger partial charge in [-0.05, 0) is 69.2 Å². The van der Waals surface area contributed by atoms with E-state index in [1.807, 2.05) is 23.1 Å². The maximum Gasteiger partial charge on any atom is 0.433 e. The van der Waals surface area contributed by atoms with E-state index in [-0.39, 0.29) is 24.9 Å². The van der Waals surface area contributed by atoms with E-state index < -0.39 is 24.1 Å². The predicted molar refractivity (Wildman–Crippen MR) is 158 cm³/mol. The summed E-state index contributed by atoms with van der Waals surface area (Å²) >= 11 is 0. The lowest BCUT2D eigenvalue weighted by molar-refractivity contribution is -0.141. The number of nitrogens with one attached hydrogen (secondary N) is 2. The van der Waals surface area contributed by atoms with Gasteiger partial charge in [0.05, 0.1) is 24.1 Å². The first-order valence-corrected chi connectivity index (χ1v) is 14.7. The number of aromatic nitrogens is 6. The molecule has 0 aliphatic heterocycles. The van der Waals surface area contributed by atoms with E-state index in [4.69, 9.17) is 10.5 Å². The Labute approximate surface area is 253 Å². The molecule has 4 heterocycles. The van der Waals surface area contributed by atoms with Crippen molar-refractivity contribution in [3.8, 4) is 23.2 Å². The maximum absolute atomic E-state index is 13.6. The van der Waals surface area contributed by atoms with Gasteiger partial charge < -0.3 is 25.9 Å². The van der Waals surface area contributed by atoms with E-state index >= 15 is 0 Å². The van der Waals surface area contributed by atoms with E-state index in [2.05, 4.69) is 36.4 Å². The van der Waals surface area contributed by atoms with Crippen molar-refractivity contribution in [1.29, 1.82) is 5.26 Å². The SMILES string of the molecule is C[C@H](O)CNCc1cc(OC(CCN)CCC[C@@H](CCC#N)Cn2cc(-c3ncnc4[nH]ccc34)cn2)nc(C(F)(F)F)c1. The average Bonchev–Trinajstić information content (AvgIpc) is 3.65. The lowest BCUT2D eigenvalue weighted by Crippen LogP contribution is -2.25. The van der Waals surface area contributed by atoms with Crippen LogP contribution in [0.4, 0.5) is 13.2 Å². The zero-order valence-corrected chi connectivity index (χ0v) is 24.6. The first-order chi connectivity index (χ1) is 21.2. The summed E-state index contributed by atoms with van der Waals surface area (Å²) in [6.45, 7) is 2.85. The van der Waals surface area contributed by atoms with Gasteiger partial charge in [-0.2, -0.15) is 23.5 Å². The van der Waals surface area contributed by atoms with Crippen LogP contribution in [0.25, 0.3) is 22.3 Å². The van der Waals surface area contributed by atoms with Crippen LogP contribution in [-0.4, -0.2) is 60.1 Å². The molecule has 14 heteroatoms. The zero-order chi connectivity index (χ0) is 31.5. The minimum atomic E-state index is -4.64. The van der Waals surface area contributed by atoms with Crippen LogP contribution in [0.1, 0.15) is 56.7 Å². The number of rotatable bonds is 17. The van der Waals surface area contributed by atoms with Gasteiger partial charge in [-0.15, -0.1) is 0 Å². The number of nitrogens with zero attached hydrogens (tertiary/aromatic N) is 6. The number of H-pyrrole nitrogens is 1. The second-order valence-electron chi connectivity index (χ2n) is 10.9. The Hall–Kier alpha value is -4.06. The summed E-state index contributed by atoms with van der Waals surface area (Å²) in [7, 11) is 0. The minimum absolute atomic E-state index is 0.113. The Morgan fingerprint density at radius 1 is 1.20 bits per heavy atom. The number of hydrogen-bond acceptors (Lipinski definition) is 9. The van der Waals surface area contributed by atoms with Gasteiger partial charge in [0.2, 0.25) is 5.88 Å². The lowest BCUT2D eigenvalue weighted by Gasteiger charge is -2.21. The van der Waals surface area contributed by atoms with Crippen molar-refractivity contribution in [1.82, 2.24) is 35.0 Å². The summed E-state index contributed by atoms with van der Waals surface area (Å²) in [5.41, 5.74) is 7.51. The smallest absolute Gasteiger partial charge is 0.433 e. The number of hydrogen-bond donors (Lipinski definition) is 4. The average molecular weight is 614 g/mol. The lowest BCUT2D eigenvalue weighted by atomic mass is 9.95. The van der Waals surface area contributed by atoms with Crippen molar-refractivity contribution in [2.75, 3.05) is 13.1 Å². The first-order valence-electron chi connectivity index (χ1n) is 14.7. The van der Waals surface area contributed by atoms with Crippen molar-refractivity contribution in [2.45, 2.75) is 76.9 Å². The number of halogens is 3. The third kappa shape index (κ3) is 9.47.